The van der Waals surface area contributed by atoms with Gasteiger partial charge in [0.1, 0.15) is 22.8 Å². The second-order valence-electron chi connectivity index (χ2n) is 7.28. The third-order valence-electron chi connectivity index (χ3n) is 5.38. The van der Waals surface area contributed by atoms with E-state index in [1.165, 1.54) is 37.1 Å². The number of rotatable bonds is 4. The first-order chi connectivity index (χ1) is 14.3. The standard InChI is InChI=1S/C23H21FN4S/c24-17-6-4-16(5-7-17)20-14-29-23-21(20)22(25-15-26-23)27-18-8-10-19(11-9-18)28-12-2-1-3-13-28/h4-11,14-15H,1-3,12-13H2,(H,25,26,27). The maximum Gasteiger partial charge on any atom is 0.143 e. The number of nitrogens with one attached hydrogen (secondary N) is 1. The summed E-state index contributed by atoms with van der Waals surface area (Å²) in [4.78, 5) is 12.3. The zero-order valence-corrected chi connectivity index (χ0v) is 16.8. The van der Waals surface area contributed by atoms with Gasteiger partial charge in [0, 0.05) is 35.4 Å². The van der Waals surface area contributed by atoms with E-state index in [1.54, 1.807) is 29.8 Å². The summed E-state index contributed by atoms with van der Waals surface area (Å²) in [6, 6.07) is 15.1. The van der Waals surface area contributed by atoms with Crippen LogP contribution in [0.1, 0.15) is 19.3 Å². The van der Waals surface area contributed by atoms with Gasteiger partial charge in [-0.15, -0.1) is 11.3 Å². The molecule has 2 aromatic heterocycles. The third kappa shape index (κ3) is 3.68. The summed E-state index contributed by atoms with van der Waals surface area (Å²) in [6.07, 6.45) is 5.45. The van der Waals surface area contributed by atoms with Gasteiger partial charge >= 0.3 is 0 Å². The monoisotopic (exact) mass is 404 g/mol. The van der Waals surface area contributed by atoms with Gasteiger partial charge in [-0.05, 0) is 61.2 Å². The normalized spacial score (nSPS) is 14.3. The van der Waals surface area contributed by atoms with E-state index in [0.29, 0.717) is 0 Å². The highest BCUT2D eigenvalue weighted by Gasteiger charge is 2.14. The second kappa shape index (κ2) is 7.79. The van der Waals surface area contributed by atoms with Gasteiger partial charge in [-0.3, -0.25) is 0 Å². The average Bonchev–Trinajstić information content (AvgIpc) is 3.21. The molecule has 0 unspecified atom stereocenters. The minimum atomic E-state index is -0.239. The number of benzene rings is 2. The fraction of sp³-hybridized carbons (Fsp3) is 0.217. The first-order valence-electron chi connectivity index (χ1n) is 9.88. The molecule has 1 aliphatic heterocycles. The van der Waals surface area contributed by atoms with Crippen molar-refractivity contribution in [3.05, 3.63) is 66.1 Å². The molecule has 1 aliphatic rings. The number of halogens is 1. The van der Waals surface area contributed by atoms with Crippen LogP contribution in [0.5, 0.6) is 0 Å². The summed E-state index contributed by atoms with van der Waals surface area (Å²) in [6.45, 7) is 2.27. The fourth-order valence-electron chi connectivity index (χ4n) is 3.86. The number of aromatic nitrogens is 2. The quantitative estimate of drug-likeness (QED) is 0.438. The van der Waals surface area contributed by atoms with Crippen LogP contribution in [0.15, 0.2) is 60.2 Å². The van der Waals surface area contributed by atoms with Crippen LogP contribution in [0.3, 0.4) is 0 Å². The highest BCUT2D eigenvalue weighted by molar-refractivity contribution is 7.17. The molecule has 4 aromatic rings. The smallest absolute Gasteiger partial charge is 0.143 e. The van der Waals surface area contributed by atoms with Crippen molar-refractivity contribution in [2.75, 3.05) is 23.3 Å². The molecule has 0 aliphatic carbocycles. The Balaban J connectivity index is 1.46. The summed E-state index contributed by atoms with van der Waals surface area (Å²) in [5.74, 6) is 0.526. The van der Waals surface area contributed by atoms with Crippen molar-refractivity contribution in [2.24, 2.45) is 0 Å². The largest absolute Gasteiger partial charge is 0.372 e. The lowest BCUT2D eigenvalue weighted by Crippen LogP contribution is -2.29. The summed E-state index contributed by atoms with van der Waals surface area (Å²) in [7, 11) is 0. The van der Waals surface area contributed by atoms with Crippen molar-refractivity contribution in [3.8, 4) is 11.1 Å². The van der Waals surface area contributed by atoms with Crippen molar-refractivity contribution < 1.29 is 4.39 Å². The van der Waals surface area contributed by atoms with E-state index in [-0.39, 0.29) is 5.82 Å². The van der Waals surface area contributed by atoms with Crippen LogP contribution in [0.4, 0.5) is 21.6 Å². The lowest BCUT2D eigenvalue weighted by atomic mass is 10.1. The molecule has 0 saturated carbocycles. The average molecular weight is 405 g/mol. The van der Waals surface area contributed by atoms with Crippen molar-refractivity contribution in [1.29, 1.82) is 0 Å². The van der Waals surface area contributed by atoms with Crippen LogP contribution in [-0.2, 0) is 0 Å². The summed E-state index contributed by atoms with van der Waals surface area (Å²) < 4.78 is 13.3. The van der Waals surface area contributed by atoms with E-state index in [4.69, 9.17) is 0 Å². The Morgan fingerprint density at radius 2 is 1.66 bits per heavy atom. The van der Waals surface area contributed by atoms with Crippen LogP contribution in [0.2, 0.25) is 0 Å². The van der Waals surface area contributed by atoms with E-state index < -0.39 is 0 Å². The van der Waals surface area contributed by atoms with Gasteiger partial charge in [-0.2, -0.15) is 0 Å². The summed E-state index contributed by atoms with van der Waals surface area (Å²) >= 11 is 1.57. The SMILES string of the molecule is Fc1ccc(-c2csc3ncnc(Nc4ccc(N5CCCCC5)cc4)c23)cc1. The second-order valence-corrected chi connectivity index (χ2v) is 8.14. The number of anilines is 3. The van der Waals surface area contributed by atoms with E-state index in [0.717, 1.165) is 45.9 Å². The van der Waals surface area contributed by atoms with Gasteiger partial charge in [0.05, 0.1) is 5.39 Å². The molecule has 0 radical (unpaired) electrons. The van der Waals surface area contributed by atoms with Crippen molar-refractivity contribution in [3.63, 3.8) is 0 Å². The zero-order chi connectivity index (χ0) is 19.6. The van der Waals surface area contributed by atoms with Crippen LogP contribution in [0.25, 0.3) is 21.3 Å². The molecule has 5 rings (SSSR count). The maximum atomic E-state index is 13.3. The predicted octanol–water partition coefficient (Wildman–Crippen LogP) is 6.23. The number of thiophene rings is 1. The number of nitrogens with zero attached hydrogens (tertiary/aromatic N) is 3. The topological polar surface area (TPSA) is 41.1 Å². The van der Waals surface area contributed by atoms with E-state index in [9.17, 15) is 4.39 Å². The highest BCUT2D eigenvalue weighted by atomic mass is 32.1. The van der Waals surface area contributed by atoms with E-state index in [2.05, 4.69) is 49.8 Å². The van der Waals surface area contributed by atoms with Gasteiger partial charge in [-0.25, -0.2) is 14.4 Å². The molecule has 0 bridgehead atoms. The van der Waals surface area contributed by atoms with Crippen LogP contribution >= 0.6 is 11.3 Å². The van der Waals surface area contributed by atoms with E-state index in [1.807, 2.05) is 0 Å². The Bertz CT molecular complexity index is 1120. The van der Waals surface area contributed by atoms with Gasteiger partial charge < -0.3 is 10.2 Å². The summed E-state index contributed by atoms with van der Waals surface area (Å²) in [5.41, 5.74) is 4.22. The van der Waals surface area contributed by atoms with E-state index >= 15 is 0 Å². The molecule has 0 spiro atoms. The lowest BCUT2D eigenvalue weighted by molar-refractivity contribution is 0.578. The van der Waals surface area contributed by atoms with Crippen LogP contribution in [-0.4, -0.2) is 23.1 Å². The maximum absolute atomic E-state index is 13.3. The highest BCUT2D eigenvalue weighted by Crippen LogP contribution is 2.37. The van der Waals surface area contributed by atoms with Crippen LogP contribution < -0.4 is 10.2 Å². The Hall–Kier alpha value is -2.99. The number of piperidine rings is 1. The lowest BCUT2D eigenvalue weighted by Gasteiger charge is -2.28. The van der Waals surface area contributed by atoms with Crippen molar-refractivity contribution >= 4 is 38.7 Å². The van der Waals surface area contributed by atoms with Gasteiger partial charge in [0.2, 0.25) is 0 Å². The molecular formula is C23H21FN4S. The Morgan fingerprint density at radius 1 is 0.897 bits per heavy atom. The Morgan fingerprint density at radius 3 is 2.41 bits per heavy atom. The number of hydrogen-bond acceptors (Lipinski definition) is 5. The van der Waals surface area contributed by atoms with Crippen LogP contribution in [0, 0.1) is 5.82 Å². The number of hydrogen-bond donors (Lipinski definition) is 1. The Labute approximate surface area is 173 Å². The molecule has 0 atom stereocenters. The summed E-state index contributed by atoms with van der Waals surface area (Å²) in [5, 5.41) is 6.46. The minimum absolute atomic E-state index is 0.239. The Kier molecular flexibility index (Phi) is 4.86. The molecule has 2 aromatic carbocycles. The number of fused-ring (bicyclic) bond motifs is 1. The van der Waals surface area contributed by atoms with Gasteiger partial charge in [0.25, 0.3) is 0 Å². The molecule has 146 valence electrons. The molecule has 1 N–H and O–H groups in total. The first-order valence-corrected chi connectivity index (χ1v) is 10.8. The molecule has 1 saturated heterocycles. The minimum Gasteiger partial charge on any atom is -0.372 e. The fourth-order valence-corrected chi connectivity index (χ4v) is 4.77. The molecule has 29 heavy (non-hydrogen) atoms. The third-order valence-corrected chi connectivity index (χ3v) is 6.26. The molecule has 1 fully saturated rings. The van der Waals surface area contributed by atoms with Crippen molar-refractivity contribution in [1.82, 2.24) is 9.97 Å². The predicted molar refractivity (Wildman–Crippen MR) is 119 cm³/mol. The zero-order valence-electron chi connectivity index (χ0n) is 15.9. The molecule has 0 amide bonds. The molecule has 6 heteroatoms. The first kappa shape index (κ1) is 18.1. The van der Waals surface area contributed by atoms with Gasteiger partial charge in [-0.1, -0.05) is 12.1 Å². The van der Waals surface area contributed by atoms with Gasteiger partial charge in [0.15, 0.2) is 0 Å². The molecule has 3 heterocycles. The van der Waals surface area contributed by atoms with Crippen molar-refractivity contribution in [2.45, 2.75) is 19.3 Å². The molecule has 4 nitrogen and oxygen atoms in total. The molecular weight excluding hydrogens is 383 g/mol.